The van der Waals surface area contributed by atoms with Crippen LogP contribution in [0.4, 0.5) is 5.69 Å². The molecule has 3 aromatic rings. The number of aryl methyl sites for hydroxylation is 3. The number of anilines is 1. The summed E-state index contributed by atoms with van der Waals surface area (Å²) in [5, 5.41) is 14.9. The summed E-state index contributed by atoms with van der Waals surface area (Å²) in [6.45, 7) is 7.85. The Bertz CT molecular complexity index is 1110. The van der Waals surface area contributed by atoms with Gasteiger partial charge in [-0.1, -0.05) is 35.5 Å². The number of carbonyl (C=O) groups is 2. The second kappa shape index (κ2) is 9.78. The number of amides is 2. The van der Waals surface area contributed by atoms with E-state index in [2.05, 4.69) is 20.8 Å². The van der Waals surface area contributed by atoms with Gasteiger partial charge in [-0.05, 0) is 63.1 Å². The van der Waals surface area contributed by atoms with Gasteiger partial charge in [0, 0.05) is 18.3 Å². The van der Waals surface area contributed by atoms with Crippen LogP contribution in [0.2, 0.25) is 0 Å². The molecule has 0 saturated heterocycles. The molecule has 0 aliphatic carbocycles. The number of nitrogens with zero attached hydrogens (tertiary/aromatic N) is 3. The third-order valence-electron chi connectivity index (χ3n) is 5.01. The van der Waals surface area contributed by atoms with Crippen LogP contribution in [0.5, 0.6) is 0 Å². The third-order valence-corrected chi connectivity index (χ3v) is 6.03. The van der Waals surface area contributed by atoms with E-state index in [-0.39, 0.29) is 23.6 Å². The van der Waals surface area contributed by atoms with Crippen molar-refractivity contribution in [3.63, 3.8) is 0 Å². The first kappa shape index (κ1) is 22.6. The Morgan fingerprint density at radius 2 is 1.84 bits per heavy atom. The molecule has 0 aliphatic heterocycles. The third kappa shape index (κ3) is 5.73. The molecule has 2 amide bonds. The molecule has 2 aromatic carbocycles. The molecule has 0 aliphatic rings. The highest BCUT2D eigenvalue weighted by Gasteiger charge is 2.19. The van der Waals surface area contributed by atoms with E-state index >= 15 is 0 Å². The molecule has 0 bridgehead atoms. The van der Waals surface area contributed by atoms with Crippen LogP contribution in [0.15, 0.2) is 47.6 Å². The molecule has 31 heavy (non-hydrogen) atoms. The van der Waals surface area contributed by atoms with E-state index in [1.807, 2.05) is 71.1 Å². The van der Waals surface area contributed by atoms with Crippen molar-refractivity contribution < 1.29 is 9.59 Å². The van der Waals surface area contributed by atoms with Crippen molar-refractivity contribution >= 4 is 29.3 Å². The minimum atomic E-state index is -0.329. The summed E-state index contributed by atoms with van der Waals surface area (Å²) in [6, 6.07) is 12.9. The Hall–Kier alpha value is -3.13. The molecule has 0 radical (unpaired) electrons. The van der Waals surface area contributed by atoms with Crippen molar-refractivity contribution in [1.82, 2.24) is 20.1 Å². The highest BCUT2D eigenvalue weighted by atomic mass is 32.2. The van der Waals surface area contributed by atoms with E-state index in [1.54, 1.807) is 10.6 Å². The predicted octanol–water partition coefficient (Wildman–Crippen LogP) is 3.96. The Balaban J connectivity index is 1.58. The first-order valence-corrected chi connectivity index (χ1v) is 11.0. The highest BCUT2D eigenvalue weighted by molar-refractivity contribution is 7.99. The number of hydrogen-bond acceptors (Lipinski definition) is 5. The van der Waals surface area contributed by atoms with Gasteiger partial charge in [0.15, 0.2) is 11.0 Å². The summed E-state index contributed by atoms with van der Waals surface area (Å²) in [5.74, 6) is 0.556. The maximum atomic E-state index is 12.5. The summed E-state index contributed by atoms with van der Waals surface area (Å²) in [6.07, 6.45) is 0. The van der Waals surface area contributed by atoms with Crippen LogP contribution in [0, 0.1) is 20.8 Å². The van der Waals surface area contributed by atoms with Crippen molar-refractivity contribution in [2.24, 2.45) is 7.05 Å². The minimum absolute atomic E-state index is 0.112. The molecular formula is C23H27N5O2S. The molecular weight excluding hydrogens is 410 g/mol. The van der Waals surface area contributed by atoms with E-state index in [9.17, 15) is 9.59 Å². The monoisotopic (exact) mass is 437 g/mol. The fourth-order valence-electron chi connectivity index (χ4n) is 3.11. The van der Waals surface area contributed by atoms with Gasteiger partial charge in [-0.25, -0.2) is 0 Å². The van der Waals surface area contributed by atoms with Crippen molar-refractivity contribution in [1.29, 1.82) is 0 Å². The van der Waals surface area contributed by atoms with E-state index in [0.717, 1.165) is 16.8 Å². The van der Waals surface area contributed by atoms with Crippen LogP contribution in [0.3, 0.4) is 0 Å². The van der Waals surface area contributed by atoms with Crippen LogP contribution in [-0.4, -0.2) is 32.3 Å². The van der Waals surface area contributed by atoms with Gasteiger partial charge in [-0.3, -0.25) is 9.59 Å². The number of hydrogen-bond donors (Lipinski definition) is 2. The van der Waals surface area contributed by atoms with Gasteiger partial charge in [-0.2, -0.15) is 0 Å². The van der Waals surface area contributed by atoms with Crippen molar-refractivity contribution in [2.45, 2.75) is 38.9 Å². The van der Waals surface area contributed by atoms with Crippen LogP contribution >= 0.6 is 11.8 Å². The first-order valence-electron chi connectivity index (χ1n) is 10.0. The smallest absolute Gasteiger partial charge is 0.251 e. The van der Waals surface area contributed by atoms with Gasteiger partial charge in [0.1, 0.15) is 0 Å². The van der Waals surface area contributed by atoms with Crippen LogP contribution in [-0.2, 0) is 11.8 Å². The number of rotatable bonds is 7. The summed E-state index contributed by atoms with van der Waals surface area (Å²) < 4.78 is 1.80. The second-order valence-electron chi connectivity index (χ2n) is 7.60. The molecule has 0 saturated carbocycles. The van der Waals surface area contributed by atoms with Gasteiger partial charge in [-0.15, -0.1) is 10.2 Å². The predicted molar refractivity (Wildman–Crippen MR) is 123 cm³/mol. The van der Waals surface area contributed by atoms with E-state index in [1.165, 1.54) is 17.3 Å². The molecule has 7 nitrogen and oxygen atoms in total. The number of aromatic nitrogens is 3. The number of benzene rings is 2. The topological polar surface area (TPSA) is 88.9 Å². The second-order valence-corrected chi connectivity index (χ2v) is 8.54. The molecule has 8 heteroatoms. The lowest BCUT2D eigenvalue weighted by Crippen LogP contribution is -2.28. The van der Waals surface area contributed by atoms with Gasteiger partial charge in [0.05, 0.1) is 11.8 Å². The Kier molecular flexibility index (Phi) is 7.12. The fraction of sp³-hybridized carbons (Fsp3) is 0.304. The quantitative estimate of drug-likeness (QED) is 0.546. The lowest BCUT2D eigenvalue weighted by Gasteiger charge is -2.14. The number of carbonyl (C=O) groups excluding carboxylic acids is 2. The summed E-state index contributed by atoms with van der Waals surface area (Å²) in [4.78, 5) is 24.8. The maximum Gasteiger partial charge on any atom is 0.251 e. The van der Waals surface area contributed by atoms with Crippen LogP contribution in [0.25, 0.3) is 0 Å². The fourth-order valence-corrected chi connectivity index (χ4v) is 3.82. The SMILES string of the molecule is Cc1cccc(C(=O)N[C@@H](C)c2nnc(SCC(=O)Nc3ccc(C)c(C)c3)n2C)c1. The van der Waals surface area contributed by atoms with Crippen molar-refractivity contribution in [2.75, 3.05) is 11.1 Å². The van der Waals surface area contributed by atoms with Gasteiger partial charge in [0.2, 0.25) is 5.91 Å². The minimum Gasteiger partial charge on any atom is -0.342 e. The summed E-state index contributed by atoms with van der Waals surface area (Å²) in [7, 11) is 1.83. The number of thioether (sulfide) groups is 1. The van der Waals surface area contributed by atoms with Crippen LogP contribution in [0.1, 0.15) is 45.8 Å². The van der Waals surface area contributed by atoms with Gasteiger partial charge >= 0.3 is 0 Å². The average molecular weight is 438 g/mol. The van der Waals surface area contributed by atoms with Gasteiger partial charge < -0.3 is 15.2 Å². The Morgan fingerprint density at radius 3 is 2.55 bits per heavy atom. The average Bonchev–Trinajstić information content (AvgIpc) is 3.09. The standard InChI is InChI=1S/C23H27N5O2S/c1-14-7-6-8-18(11-14)22(30)24-17(4)21-26-27-23(28(21)5)31-13-20(29)25-19-10-9-15(2)16(3)12-19/h6-12,17H,13H2,1-5H3,(H,24,30)(H,25,29)/t17-/m0/s1. The molecule has 0 spiro atoms. The first-order chi connectivity index (χ1) is 14.7. The zero-order valence-electron chi connectivity index (χ0n) is 18.4. The van der Waals surface area contributed by atoms with Gasteiger partial charge in [0.25, 0.3) is 5.91 Å². The molecule has 1 heterocycles. The molecule has 0 fully saturated rings. The zero-order chi connectivity index (χ0) is 22.5. The molecule has 2 N–H and O–H groups in total. The molecule has 3 rings (SSSR count). The Labute approximate surface area is 186 Å². The highest BCUT2D eigenvalue weighted by Crippen LogP contribution is 2.20. The summed E-state index contributed by atoms with van der Waals surface area (Å²) in [5.41, 5.74) is 4.72. The van der Waals surface area contributed by atoms with E-state index in [4.69, 9.17) is 0 Å². The van der Waals surface area contributed by atoms with Crippen LogP contribution < -0.4 is 10.6 Å². The molecule has 1 aromatic heterocycles. The Morgan fingerprint density at radius 1 is 1.06 bits per heavy atom. The van der Waals surface area contributed by atoms with Crippen molar-refractivity contribution in [3.8, 4) is 0 Å². The lowest BCUT2D eigenvalue weighted by atomic mass is 10.1. The van der Waals surface area contributed by atoms with E-state index in [0.29, 0.717) is 16.5 Å². The largest absolute Gasteiger partial charge is 0.342 e. The number of nitrogens with one attached hydrogen (secondary N) is 2. The normalized spacial score (nSPS) is 11.8. The zero-order valence-corrected chi connectivity index (χ0v) is 19.2. The van der Waals surface area contributed by atoms with E-state index < -0.39 is 0 Å². The lowest BCUT2D eigenvalue weighted by molar-refractivity contribution is -0.113. The summed E-state index contributed by atoms with van der Waals surface area (Å²) >= 11 is 1.30. The molecule has 162 valence electrons. The van der Waals surface area contributed by atoms with Crippen molar-refractivity contribution in [3.05, 3.63) is 70.5 Å². The maximum absolute atomic E-state index is 12.5. The molecule has 0 unspecified atom stereocenters. The molecule has 1 atom stereocenters.